The van der Waals surface area contributed by atoms with E-state index >= 15 is 0 Å². The van der Waals surface area contributed by atoms with E-state index in [1.165, 1.54) is 0 Å². The Kier molecular flexibility index (Phi) is 5.77. The lowest BCUT2D eigenvalue weighted by atomic mass is 9.98. The number of piperidine rings is 1. The first-order valence-corrected chi connectivity index (χ1v) is 7.65. The largest absolute Gasteiger partial charge is 0.395 e. The van der Waals surface area contributed by atoms with Crippen LogP contribution in [-0.2, 0) is 0 Å². The van der Waals surface area contributed by atoms with Crippen molar-refractivity contribution in [1.82, 2.24) is 10.2 Å². The van der Waals surface area contributed by atoms with Crippen LogP contribution in [0.15, 0.2) is 24.3 Å². The summed E-state index contributed by atoms with van der Waals surface area (Å²) in [5.74, 6) is 0.733. The maximum Gasteiger partial charge on any atom is 0.319 e. The van der Waals surface area contributed by atoms with E-state index in [1.807, 2.05) is 4.90 Å². The van der Waals surface area contributed by atoms with E-state index in [0.717, 1.165) is 25.9 Å². The Morgan fingerprint density at radius 1 is 1.23 bits per heavy atom. The second-order valence-corrected chi connectivity index (χ2v) is 5.66. The van der Waals surface area contributed by atoms with Crippen molar-refractivity contribution in [3.05, 3.63) is 29.8 Å². The summed E-state index contributed by atoms with van der Waals surface area (Å²) in [5, 5.41) is 13.8. The minimum atomic E-state index is -0.377. The molecule has 0 saturated carbocycles. The number of likely N-dealkylation sites (tertiary alicyclic amines) is 1. The van der Waals surface area contributed by atoms with Crippen LogP contribution < -0.4 is 10.6 Å². The lowest BCUT2D eigenvalue weighted by molar-refractivity contribution is 0.0697. The maximum absolute atomic E-state index is 12.4. The van der Waals surface area contributed by atoms with Crippen LogP contribution in [-0.4, -0.2) is 48.2 Å². The molecule has 120 valence electrons. The first-order valence-electron chi connectivity index (χ1n) is 7.65. The van der Waals surface area contributed by atoms with Crippen molar-refractivity contribution in [3.63, 3.8) is 0 Å². The van der Waals surface area contributed by atoms with Crippen molar-refractivity contribution in [3.8, 4) is 0 Å². The molecule has 6 heteroatoms. The monoisotopic (exact) mass is 305 g/mol. The Labute approximate surface area is 130 Å². The number of hydrogen-bond donors (Lipinski definition) is 3. The maximum atomic E-state index is 12.4. The molecular weight excluding hydrogens is 282 g/mol. The lowest BCUT2D eigenvalue weighted by Crippen LogP contribution is -2.37. The number of carbonyl (C=O) groups excluding carboxylic acids is 2. The number of rotatable bonds is 4. The Morgan fingerprint density at radius 3 is 2.45 bits per heavy atom. The summed E-state index contributed by atoms with van der Waals surface area (Å²) >= 11 is 0. The quantitative estimate of drug-likeness (QED) is 0.791. The highest BCUT2D eigenvalue weighted by atomic mass is 16.3. The minimum absolute atomic E-state index is 0.0446. The van der Waals surface area contributed by atoms with E-state index in [1.54, 1.807) is 24.3 Å². The standard InChI is InChI=1S/C16H23N3O3/c1-12-6-9-19(10-7-12)15(21)13-2-4-14(5-3-13)18-16(22)17-8-11-20/h2-5,12,20H,6-11H2,1H3,(H2,17,18,22). The third-order valence-corrected chi connectivity index (χ3v) is 3.86. The number of benzene rings is 1. The number of nitrogens with one attached hydrogen (secondary N) is 2. The normalized spacial score (nSPS) is 15.5. The van der Waals surface area contributed by atoms with Crippen LogP contribution >= 0.6 is 0 Å². The number of amides is 3. The fraction of sp³-hybridized carbons (Fsp3) is 0.500. The van der Waals surface area contributed by atoms with E-state index < -0.39 is 0 Å². The van der Waals surface area contributed by atoms with Crippen molar-refractivity contribution in [2.24, 2.45) is 5.92 Å². The second-order valence-electron chi connectivity index (χ2n) is 5.66. The van der Waals surface area contributed by atoms with Crippen LogP contribution in [0.4, 0.5) is 10.5 Å². The van der Waals surface area contributed by atoms with Gasteiger partial charge in [-0.1, -0.05) is 6.92 Å². The van der Waals surface area contributed by atoms with Crippen LogP contribution in [0.1, 0.15) is 30.1 Å². The zero-order valence-electron chi connectivity index (χ0n) is 12.8. The van der Waals surface area contributed by atoms with Crippen LogP contribution in [0.5, 0.6) is 0 Å². The topological polar surface area (TPSA) is 81.7 Å². The first kappa shape index (κ1) is 16.3. The van der Waals surface area contributed by atoms with Gasteiger partial charge in [0.25, 0.3) is 5.91 Å². The summed E-state index contributed by atoms with van der Waals surface area (Å²) < 4.78 is 0. The highest BCUT2D eigenvalue weighted by Gasteiger charge is 2.21. The van der Waals surface area contributed by atoms with Crippen molar-refractivity contribution in [1.29, 1.82) is 0 Å². The van der Waals surface area contributed by atoms with Gasteiger partial charge in [0, 0.05) is 30.9 Å². The molecule has 1 aromatic carbocycles. The predicted octanol–water partition coefficient (Wildman–Crippen LogP) is 1.67. The van der Waals surface area contributed by atoms with Gasteiger partial charge in [0.2, 0.25) is 0 Å². The number of nitrogens with zero attached hydrogens (tertiary/aromatic N) is 1. The SMILES string of the molecule is CC1CCN(C(=O)c2ccc(NC(=O)NCCO)cc2)CC1. The molecule has 0 aromatic heterocycles. The number of hydrogen-bond acceptors (Lipinski definition) is 3. The van der Waals surface area contributed by atoms with Gasteiger partial charge in [-0.15, -0.1) is 0 Å². The third-order valence-electron chi connectivity index (χ3n) is 3.86. The van der Waals surface area contributed by atoms with Gasteiger partial charge in [-0.05, 0) is 43.0 Å². The summed E-state index contributed by atoms with van der Waals surface area (Å²) in [6.07, 6.45) is 2.10. The van der Waals surface area contributed by atoms with Crippen molar-refractivity contribution in [2.45, 2.75) is 19.8 Å². The van der Waals surface area contributed by atoms with E-state index in [2.05, 4.69) is 17.6 Å². The first-order chi connectivity index (χ1) is 10.6. The van der Waals surface area contributed by atoms with Crippen molar-refractivity contribution < 1.29 is 14.7 Å². The fourth-order valence-electron chi connectivity index (χ4n) is 2.44. The second kappa shape index (κ2) is 7.79. The van der Waals surface area contributed by atoms with E-state index in [9.17, 15) is 9.59 Å². The third kappa shape index (κ3) is 4.46. The molecule has 3 N–H and O–H groups in total. The highest BCUT2D eigenvalue weighted by molar-refractivity contribution is 5.95. The average molecular weight is 305 g/mol. The van der Waals surface area contributed by atoms with Crippen LogP contribution in [0.2, 0.25) is 0 Å². The molecule has 1 saturated heterocycles. The summed E-state index contributed by atoms with van der Waals surface area (Å²) in [6, 6.07) is 6.49. The van der Waals surface area contributed by atoms with Crippen molar-refractivity contribution >= 4 is 17.6 Å². The molecule has 1 heterocycles. The fourth-order valence-corrected chi connectivity index (χ4v) is 2.44. The summed E-state index contributed by atoms with van der Waals surface area (Å²) in [4.78, 5) is 25.7. The zero-order chi connectivity index (χ0) is 15.9. The Balaban J connectivity index is 1.91. The van der Waals surface area contributed by atoms with Gasteiger partial charge in [0.15, 0.2) is 0 Å². The molecule has 2 rings (SSSR count). The number of aliphatic hydroxyl groups excluding tert-OH is 1. The van der Waals surface area contributed by atoms with Crippen LogP contribution in [0.25, 0.3) is 0 Å². The number of aliphatic hydroxyl groups is 1. The molecule has 0 bridgehead atoms. The van der Waals surface area contributed by atoms with Crippen LogP contribution in [0.3, 0.4) is 0 Å². The number of carbonyl (C=O) groups is 2. The lowest BCUT2D eigenvalue weighted by Gasteiger charge is -2.30. The van der Waals surface area contributed by atoms with Gasteiger partial charge < -0.3 is 20.6 Å². The van der Waals surface area contributed by atoms with E-state index in [0.29, 0.717) is 17.2 Å². The number of urea groups is 1. The average Bonchev–Trinajstić information content (AvgIpc) is 2.54. The molecule has 1 aliphatic rings. The van der Waals surface area contributed by atoms with Gasteiger partial charge in [0.1, 0.15) is 0 Å². The molecule has 0 atom stereocenters. The summed E-state index contributed by atoms with van der Waals surface area (Å²) in [7, 11) is 0. The van der Waals surface area contributed by atoms with Gasteiger partial charge in [0.05, 0.1) is 6.61 Å². The number of anilines is 1. The molecule has 1 aliphatic heterocycles. The smallest absolute Gasteiger partial charge is 0.319 e. The molecule has 22 heavy (non-hydrogen) atoms. The Morgan fingerprint density at radius 2 is 1.86 bits per heavy atom. The minimum Gasteiger partial charge on any atom is -0.395 e. The summed E-state index contributed by atoms with van der Waals surface area (Å²) in [6.45, 7) is 3.93. The molecular formula is C16H23N3O3. The molecule has 6 nitrogen and oxygen atoms in total. The molecule has 0 unspecified atom stereocenters. The molecule has 1 fully saturated rings. The molecule has 1 aromatic rings. The van der Waals surface area contributed by atoms with Gasteiger partial charge in [-0.3, -0.25) is 4.79 Å². The summed E-state index contributed by atoms with van der Waals surface area (Å²) in [5.41, 5.74) is 1.25. The van der Waals surface area contributed by atoms with Gasteiger partial charge >= 0.3 is 6.03 Å². The Bertz CT molecular complexity index is 508. The molecule has 0 aliphatic carbocycles. The van der Waals surface area contributed by atoms with Gasteiger partial charge in [-0.2, -0.15) is 0 Å². The van der Waals surface area contributed by atoms with E-state index in [-0.39, 0.29) is 25.1 Å². The molecule has 0 spiro atoms. The zero-order valence-corrected chi connectivity index (χ0v) is 12.8. The predicted molar refractivity (Wildman–Crippen MR) is 84.9 cm³/mol. The molecule has 3 amide bonds. The van der Waals surface area contributed by atoms with Crippen LogP contribution in [0, 0.1) is 5.92 Å². The molecule has 0 radical (unpaired) electrons. The van der Waals surface area contributed by atoms with E-state index in [4.69, 9.17) is 5.11 Å². The Hall–Kier alpha value is -2.08. The van der Waals surface area contributed by atoms with Crippen molar-refractivity contribution in [2.75, 3.05) is 31.6 Å². The van der Waals surface area contributed by atoms with Gasteiger partial charge in [-0.25, -0.2) is 4.79 Å². The highest BCUT2D eigenvalue weighted by Crippen LogP contribution is 2.19.